The Bertz CT molecular complexity index is 474. The van der Waals surface area contributed by atoms with Crippen LogP contribution in [0.3, 0.4) is 0 Å². The Morgan fingerprint density at radius 1 is 1.32 bits per heavy atom. The van der Waals surface area contributed by atoms with E-state index in [1.54, 1.807) is 0 Å². The van der Waals surface area contributed by atoms with E-state index >= 15 is 0 Å². The van der Waals surface area contributed by atoms with Crippen molar-refractivity contribution in [3.63, 3.8) is 0 Å². The van der Waals surface area contributed by atoms with Crippen LogP contribution in [0.1, 0.15) is 25.3 Å². The van der Waals surface area contributed by atoms with Crippen LogP contribution in [0.4, 0.5) is 0 Å². The number of ether oxygens (including phenoxy) is 2. The molecule has 0 aliphatic carbocycles. The van der Waals surface area contributed by atoms with Crippen LogP contribution in [0.5, 0.6) is 5.75 Å². The highest BCUT2D eigenvalue weighted by Gasteiger charge is 2.32. The van der Waals surface area contributed by atoms with Crippen LogP contribution < -0.4 is 4.74 Å². The zero-order valence-corrected chi connectivity index (χ0v) is 11.2. The highest BCUT2D eigenvalue weighted by atomic mass is 16.5. The molecule has 1 amide bonds. The molecule has 1 saturated heterocycles. The molecule has 0 aromatic heterocycles. The fraction of sp³-hybridized carbons (Fsp3) is 0.533. The van der Waals surface area contributed by atoms with Gasteiger partial charge in [-0.05, 0) is 25.8 Å². The molecular formula is C15H19NO3. The van der Waals surface area contributed by atoms with Crippen molar-refractivity contribution in [2.24, 2.45) is 0 Å². The van der Waals surface area contributed by atoms with Crippen LogP contribution in [-0.2, 0) is 16.1 Å². The largest absolute Gasteiger partial charge is 0.491 e. The third-order valence-electron chi connectivity index (χ3n) is 3.77. The minimum atomic E-state index is -0.264. The van der Waals surface area contributed by atoms with Gasteiger partial charge in [0.2, 0.25) is 0 Å². The molecule has 102 valence electrons. The Balaban J connectivity index is 1.73. The number of nitrogens with zero attached hydrogens (tertiary/aromatic N) is 1. The lowest BCUT2D eigenvalue weighted by molar-refractivity contribution is -0.143. The Morgan fingerprint density at radius 2 is 2.16 bits per heavy atom. The van der Waals surface area contributed by atoms with E-state index in [4.69, 9.17) is 9.47 Å². The van der Waals surface area contributed by atoms with Crippen molar-refractivity contribution in [1.29, 1.82) is 0 Å². The van der Waals surface area contributed by atoms with Crippen LogP contribution in [0.15, 0.2) is 24.3 Å². The molecule has 2 unspecified atom stereocenters. The first-order valence-electron chi connectivity index (χ1n) is 6.89. The van der Waals surface area contributed by atoms with Crippen molar-refractivity contribution in [2.75, 3.05) is 13.2 Å². The molecule has 4 nitrogen and oxygen atoms in total. The molecule has 0 radical (unpaired) electrons. The Labute approximate surface area is 113 Å². The highest BCUT2D eigenvalue weighted by molar-refractivity contribution is 5.81. The second-order valence-electron chi connectivity index (χ2n) is 5.23. The van der Waals surface area contributed by atoms with Gasteiger partial charge in [-0.3, -0.25) is 4.79 Å². The van der Waals surface area contributed by atoms with Gasteiger partial charge in [-0.15, -0.1) is 0 Å². The van der Waals surface area contributed by atoms with Crippen molar-refractivity contribution < 1.29 is 14.3 Å². The van der Waals surface area contributed by atoms with E-state index in [9.17, 15) is 4.79 Å². The Kier molecular flexibility index (Phi) is 3.42. The van der Waals surface area contributed by atoms with Gasteiger partial charge in [-0.2, -0.15) is 0 Å². The summed E-state index contributed by atoms with van der Waals surface area (Å²) in [4.78, 5) is 14.3. The molecule has 1 fully saturated rings. The molecule has 3 rings (SSSR count). The predicted octanol–water partition coefficient (Wildman–Crippen LogP) is 1.98. The smallest absolute Gasteiger partial charge is 0.252 e. The maximum absolute atomic E-state index is 12.5. The predicted molar refractivity (Wildman–Crippen MR) is 70.9 cm³/mol. The van der Waals surface area contributed by atoms with Gasteiger partial charge in [-0.25, -0.2) is 0 Å². The summed E-state index contributed by atoms with van der Waals surface area (Å²) in [7, 11) is 0. The van der Waals surface area contributed by atoms with Crippen molar-refractivity contribution in [1.82, 2.24) is 4.90 Å². The average molecular weight is 261 g/mol. The van der Waals surface area contributed by atoms with Crippen LogP contribution in [0.2, 0.25) is 0 Å². The fourth-order valence-electron chi connectivity index (χ4n) is 2.70. The second kappa shape index (κ2) is 5.21. The van der Waals surface area contributed by atoms with Crippen molar-refractivity contribution in [3.8, 4) is 5.75 Å². The monoisotopic (exact) mass is 261 g/mol. The molecule has 1 aromatic carbocycles. The van der Waals surface area contributed by atoms with Gasteiger partial charge in [0, 0.05) is 12.1 Å². The van der Waals surface area contributed by atoms with Crippen molar-refractivity contribution in [2.45, 2.75) is 38.5 Å². The SMILES string of the molecule is CC1CCC(C(=O)N2CCOc3ccccc3C2)O1. The topological polar surface area (TPSA) is 38.8 Å². The molecule has 0 bridgehead atoms. The summed E-state index contributed by atoms with van der Waals surface area (Å²) in [6.45, 7) is 3.81. The molecule has 1 aromatic rings. The summed E-state index contributed by atoms with van der Waals surface area (Å²) in [6.07, 6.45) is 1.74. The summed E-state index contributed by atoms with van der Waals surface area (Å²) < 4.78 is 11.4. The maximum Gasteiger partial charge on any atom is 0.252 e. The van der Waals surface area contributed by atoms with Crippen LogP contribution in [-0.4, -0.2) is 36.2 Å². The summed E-state index contributed by atoms with van der Waals surface area (Å²) >= 11 is 0. The number of carbonyl (C=O) groups excluding carboxylic acids is 1. The van der Waals surface area contributed by atoms with Crippen LogP contribution in [0.25, 0.3) is 0 Å². The number of hydrogen-bond acceptors (Lipinski definition) is 3. The Morgan fingerprint density at radius 3 is 2.95 bits per heavy atom. The fourth-order valence-corrected chi connectivity index (χ4v) is 2.70. The summed E-state index contributed by atoms with van der Waals surface area (Å²) in [6, 6.07) is 7.90. The van der Waals surface area contributed by atoms with E-state index in [0.717, 1.165) is 24.2 Å². The highest BCUT2D eigenvalue weighted by Crippen LogP contribution is 2.25. The average Bonchev–Trinajstić information content (AvgIpc) is 2.74. The first-order valence-corrected chi connectivity index (χ1v) is 6.89. The van der Waals surface area contributed by atoms with Gasteiger partial charge in [-0.1, -0.05) is 18.2 Å². The molecule has 0 saturated carbocycles. The lowest BCUT2D eigenvalue weighted by Gasteiger charge is -2.23. The van der Waals surface area contributed by atoms with E-state index in [1.807, 2.05) is 36.1 Å². The Hall–Kier alpha value is -1.55. The quantitative estimate of drug-likeness (QED) is 0.776. The third kappa shape index (κ3) is 2.59. The molecular weight excluding hydrogens is 242 g/mol. The molecule has 19 heavy (non-hydrogen) atoms. The second-order valence-corrected chi connectivity index (χ2v) is 5.23. The molecule has 2 atom stereocenters. The number of benzene rings is 1. The zero-order valence-electron chi connectivity index (χ0n) is 11.2. The van der Waals surface area contributed by atoms with E-state index in [1.165, 1.54) is 0 Å². The summed E-state index contributed by atoms with van der Waals surface area (Å²) in [5, 5.41) is 0. The van der Waals surface area contributed by atoms with Gasteiger partial charge in [0.1, 0.15) is 18.5 Å². The van der Waals surface area contributed by atoms with Gasteiger partial charge in [0.25, 0.3) is 5.91 Å². The van der Waals surface area contributed by atoms with Gasteiger partial charge < -0.3 is 14.4 Å². The number of carbonyl (C=O) groups is 1. The van der Waals surface area contributed by atoms with Crippen LogP contribution >= 0.6 is 0 Å². The van der Waals surface area contributed by atoms with Crippen molar-refractivity contribution >= 4 is 5.91 Å². The lowest BCUT2D eigenvalue weighted by atomic mass is 10.1. The molecule has 2 aliphatic rings. The number of hydrogen-bond donors (Lipinski definition) is 0. The number of para-hydroxylation sites is 1. The standard InChI is InChI=1S/C15H19NO3/c1-11-6-7-14(19-11)15(17)16-8-9-18-13-5-3-2-4-12(13)10-16/h2-5,11,14H,6-10H2,1H3. The lowest BCUT2D eigenvalue weighted by Crippen LogP contribution is -2.39. The minimum absolute atomic E-state index is 0.102. The zero-order chi connectivity index (χ0) is 13.2. The minimum Gasteiger partial charge on any atom is -0.491 e. The van der Waals surface area contributed by atoms with Gasteiger partial charge >= 0.3 is 0 Å². The molecule has 2 heterocycles. The molecule has 4 heteroatoms. The number of rotatable bonds is 1. The first kappa shape index (κ1) is 12.5. The molecule has 0 N–H and O–H groups in total. The summed E-state index contributed by atoms with van der Waals surface area (Å²) in [5.41, 5.74) is 1.07. The molecule has 2 aliphatic heterocycles. The van der Waals surface area contributed by atoms with Crippen LogP contribution in [0, 0.1) is 0 Å². The van der Waals surface area contributed by atoms with Crippen molar-refractivity contribution in [3.05, 3.63) is 29.8 Å². The van der Waals surface area contributed by atoms with E-state index < -0.39 is 0 Å². The number of amides is 1. The summed E-state index contributed by atoms with van der Waals surface area (Å²) in [5.74, 6) is 0.989. The number of fused-ring (bicyclic) bond motifs is 1. The van der Waals surface area contributed by atoms with Gasteiger partial charge in [0.05, 0.1) is 12.6 Å². The first-order chi connectivity index (χ1) is 9.24. The van der Waals surface area contributed by atoms with Gasteiger partial charge in [0.15, 0.2) is 0 Å². The van der Waals surface area contributed by atoms with E-state index in [2.05, 4.69) is 0 Å². The molecule has 0 spiro atoms. The normalized spacial score (nSPS) is 26.5. The maximum atomic E-state index is 12.5. The van der Waals surface area contributed by atoms with E-state index in [0.29, 0.717) is 19.7 Å². The third-order valence-corrected chi connectivity index (χ3v) is 3.77. The van der Waals surface area contributed by atoms with E-state index in [-0.39, 0.29) is 18.1 Å².